The van der Waals surface area contributed by atoms with Crippen LogP contribution in [-0.2, 0) is 6.42 Å². The summed E-state index contributed by atoms with van der Waals surface area (Å²) in [5, 5.41) is 8.44. The molecule has 0 aliphatic carbocycles. The average Bonchev–Trinajstić information content (AvgIpc) is 3.24. The van der Waals surface area contributed by atoms with Crippen molar-refractivity contribution in [3.63, 3.8) is 0 Å². The SMILES string of the molecule is CC.CCC.CCN1CCN(CCc2cn(-c3ccc(C=O)cc3)nn2)CC1. The van der Waals surface area contributed by atoms with Crippen molar-refractivity contribution in [3.05, 3.63) is 41.7 Å². The van der Waals surface area contributed by atoms with Crippen molar-refractivity contribution in [2.45, 2.75) is 47.5 Å². The van der Waals surface area contributed by atoms with Crippen LogP contribution in [0.2, 0.25) is 0 Å². The molecule has 1 aliphatic rings. The first-order chi connectivity index (χ1) is 13.7. The van der Waals surface area contributed by atoms with Crippen molar-refractivity contribution >= 4 is 6.29 Å². The van der Waals surface area contributed by atoms with E-state index < -0.39 is 0 Å². The van der Waals surface area contributed by atoms with Gasteiger partial charge < -0.3 is 9.80 Å². The van der Waals surface area contributed by atoms with Crippen LogP contribution in [0.25, 0.3) is 5.69 Å². The first-order valence-electron chi connectivity index (χ1n) is 10.6. The Labute approximate surface area is 170 Å². The zero-order chi connectivity index (χ0) is 20.8. The zero-order valence-corrected chi connectivity index (χ0v) is 18.3. The van der Waals surface area contributed by atoms with E-state index in [1.807, 2.05) is 32.2 Å². The third-order valence-corrected chi connectivity index (χ3v) is 4.43. The number of nitrogens with zero attached hydrogens (tertiary/aromatic N) is 5. The van der Waals surface area contributed by atoms with Crippen LogP contribution in [0.15, 0.2) is 30.5 Å². The van der Waals surface area contributed by atoms with Crippen molar-refractivity contribution in [2.75, 3.05) is 39.3 Å². The lowest BCUT2D eigenvalue weighted by Gasteiger charge is -2.33. The number of carbonyl (C=O) groups is 1. The van der Waals surface area contributed by atoms with Gasteiger partial charge in [0.05, 0.1) is 17.6 Å². The van der Waals surface area contributed by atoms with Gasteiger partial charge in [0.15, 0.2) is 0 Å². The minimum Gasteiger partial charge on any atom is -0.301 e. The quantitative estimate of drug-likeness (QED) is 0.708. The summed E-state index contributed by atoms with van der Waals surface area (Å²) in [5.74, 6) is 0. The van der Waals surface area contributed by atoms with Crippen molar-refractivity contribution < 1.29 is 4.79 Å². The van der Waals surface area contributed by atoms with E-state index >= 15 is 0 Å². The number of rotatable bonds is 6. The predicted octanol–water partition coefficient (Wildman–Crippen LogP) is 3.70. The molecule has 2 heterocycles. The molecule has 1 aromatic heterocycles. The second-order valence-electron chi connectivity index (χ2n) is 6.60. The first-order valence-corrected chi connectivity index (χ1v) is 10.6. The summed E-state index contributed by atoms with van der Waals surface area (Å²) in [4.78, 5) is 15.7. The Morgan fingerprint density at radius 2 is 1.54 bits per heavy atom. The predicted molar refractivity (Wildman–Crippen MR) is 116 cm³/mol. The summed E-state index contributed by atoms with van der Waals surface area (Å²) in [6, 6.07) is 7.34. The Bertz CT molecular complexity index is 645. The van der Waals surface area contributed by atoms with Crippen LogP contribution in [-0.4, -0.2) is 70.3 Å². The normalized spacial score (nSPS) is 14.5. The molecular weight excluding hydrogens is 350 g/mol. The Morgan fingerprint density at radius 3 is 2.07 bits per heavy atom. The maximum Gasteiger partial charge on any atom is 0.150 e. The molecule has 1 saturated heterocycles. The fourth-order valence-corrected chi connectivity index (χ4v) is 2.85. The molecule has 0 spiro atoms. The highest BCUT2D eigenvalue weighted by Gasteiger charge is 2.15. The molecule has 0 unspecified atom stereocenters. The van der Waals surface area contributed by atoms with E-state index in [2.05, 4.69) is 40.9 Å². The molecule has 0 N–H and O–H groups in total. The van der Waals surface area contributed by atoms with Crippen LogP contribution >= 0.6 is 0 Å². The van der Waals surface area contributed by atoms with Crippen LogP contribution < -0.4 is 0 Å². The van der Waals surface area contributed by atoms with Gasteiger partial charge >= 0.3 is 0 Å². The van der Waals surface area contributed by atoms with Gasteiger partial charge in [0, 0.05) is 44.7 Å². The Morgan fingerprint density at radius 1 is 0.964 bits per heavy atom. The summed E-state index contributed by atoms with van der Waals surface area (Å²) in [7, 11) is 0. The third kappa shape index (κ3) is 7.90. The van der Waals surface area contributed by atoms with E-state index in [-0.39, 0.29) is 0 Å². The molecular formula is C22H37N5O. The summed E-state index contributed by atoms with van der Waals surface area (Å²) >= 11 is 0. The third-order valence-electron chi connectivity index (χ3n) is 4.43. The fraction of sp³-hybridized carbons (Fsp3) is 0.591. The van der Waals surface area contributed by atoms with Gasteiger partial charge in [0.25, 0.3) is 0 Å². The van der Waals surface area contributed by atoms with Crippen LogP contribution in [0, 0.1) is 0 Å². The average molecular weight is 388 g/mol. The van der Waals surface area contributed by atoms with Crippen molar-refractivity contribution in [3.8, 4) is 5.69 Å². The molecule has 156 valence electrons. The van der Waals surface area contributed by atoms with Gasteiger partial charge in [-0.25, -0.2) is 4.68 Å². The monoisotopic (exact) mass is 387 g/mol. The maximum absolute atomic E-state index is 10.7. The molecule has 0 amide bonds. The molecule has 0 bridgehead atoms. The number of hydrogen-bond donors (Lipinski definition) is 0. The summed E-state index contributed by atoms with van der Waals surface area (Å²) in [6.07, 6.45) is 4.98. The largest absolute Gasteiger partial charge is 0.301 e. The summed E-state index contributed by atoms with van der Waals surface area (Å²) in [6.45, 7) is 17.2. The molecule has 6 heteroatoms. The van der Waals surface area contributed by atoms with E-state index in [9.17, 15) is 4.79 Å². The Hall–Kier alpha value is -2.05. The number of benzene rings is 1. The van der Waals surface area contributed by atoms with Crippen LogP contribution in [0.5, 0.6) is 0 Å². The minimum atomic E-state index is 0.667. The highest BCUT2D eigenvalue weighted by atomic mass is 16.1. The van der Waals surface area contributed by atoms with Gasteiger partial charge in [0.2, 0.25) is 0 Å². The lowest BCUT2D eigenvalue weighted by Crippen LogP contribution is -2.46. The highest BCUT2D eigenvalue weighted by molar-refractivity contribution is 5.75. The van der Waals surface area contributed by atoms with Crippen LogP contribution in [0.3, 0.4) is 0 Å². The number of carbonyl (C=O) groups excluding carboxylic acids is 1. The second-order valence-corrected chi connectivity index (χ2v) is 6.60. The molecule has 6 nitrogen and oxygen atoms in total. The topological polar surface area (TPSA) is 54.3 Å². The summed E-state index contributed by atoms with van der Waals surface area (Å²) < 4.78 is 1.76. The van der Waals surface area contributed by atoms with Gasteiger partial charge in [0.1, 0.15) is 6.29 Å². The standard InChI is InChI=1S/C17H23N5O.C3H8.C2H6/c1-2-20-9-11-21(12-10-20)8-7-16-13-22(19-18-16)17-5-3-15(14-23)4-6-17;1-3-2;1-2/h3-6,13-14H,2,7-12H2,1H3;3H2,1-2H3;1-2H3. The number of aromatic nitrogens is 3. The Kier molecular flexibility index (Phi) is 12.0. The fourth-order valence-electron chi connectivity index (χ4n) is 2.85. The van der Waals surface area contributed by atoms with Gasteiger partial charge in [-0.15, -0.1) is 5.10 Å². The number of aldehydes is 1. The highest BCUT2D eigenvalue weighted by Crippen LogP contribution is 2.09. The molecule has 1 aromatic carbocycles. The molecule has 0 atom stereocenters. The number of hydrogen-bond acceptors (Lipinski definition) is 5. The second kappa shape index (κ2) is 14.0. The molecule has 1 aliphatic heterocycles. The van der Waals surface area contributed by atoms with E-state index in [0.717, 1.165) is 63.4 Å². The van der Waals surface area contributed by atoms with Gasteiger partial charge in [-0.3, -0.25) is 4.79 Å². The first kappa shape index (κ1) is 24.0. The summed E-state index contributed by atoms with van der Waals surface area (Å²) in [5.41, 5.74) is 2.59. The lowest BCUT2D eigenvalue weighted by molar-refractivity contribution is 0.112. The van der Waals surface area contributed by atoms with Crippen LogP contribution in [0.4, 0.5) is 0 Å². The lowest BCUT2D eigenvalue weighted by atomic mass is 10.2. The van der Waals surface area contributed by atoms with E-state index in [0.29, 0.717) is 5.56 Å². The Balaban J connectivity index is 0.000000717. The molecule has 28 heavy (non-hydrogen) atoms. The number of likely N-dealkylation sites (N-methyl/N-ethyl adjacent to an activating group) is 1. The van der Waals surface area contributed by atoms with Gasteiger partial charge in [-0.2, -0.15) is 0 Å². The van der Waals surface area contributed by atoms with E-state index in [1.54, 1.807) is 16.8 Å². The number of piperazine rings is 1. The zero-order valence-electron chi connectivity index (χ0n) is 18.3. The van der Waals surface area contributed by atoms with Crippen molar-refractivity contribution in [1.29, 1.82) is 0 Å². The van der Waals surface area contributed by atoms with Crippen LogP contribution in [0.1, 0.15) is 57.1 Å². The van der Waals surface area contributed by atoms with Crippen molar-refractivity contribution in [1.82, 2.24) is 24.8 Å². The maximum atomic E-state index is 10.7. The molecule has 0 radical (unpaired) electrons. The molecule has 0 saturated carbocycles. The minimum absolute atomic E-state index is 0.667. The molecule has 2 aromatic rings. The van der Waals surface area contributed by atoms with E-state index in [4.69, 9.17) is 0 Å². The van der Waals surface area contributed by atoms with Gasteiger partial charge in [-0.05, 0) is 30.8 Å². The van der Waals surface area contributed by atoms with Crippen molar-refractivity contribution in [2.24, 2.45) is 0 Å². The molecule has 3 rings (SSSR count). The smallest absolute Gasteiger partial charge is 0.150 e. The van der Waals surface area contributed by atoms with Gasteiger partial charge in [-0.1, -0.05) is 46.3 Å². The molecule has 1 fully saturated rings. The van der Waals surface area contributed by atoms with E-state index in [1.165, 1.54) is 6.42 Å².